The van der Waals surface area contributed by atoms with E-state index in [1.807, 2.05) is 11.3 Å². The molecule has 1 heterocycles. The molecule has 0 aliphatic heterocycles. The summed E-state index contributed by atoms with van der Waals surface area (Å²) in [6.45, 7) is 4.54. The number of nitrogens with one attached hydrogen (secondary N) is 1. The number of rotatable bonds is 5. The van der Waals surface area contributed by atoms with Crippen LogP contribution in [0.4, 0.5) is 0 Å². The Balaban J connectivity index is 1.74. The van der Waals surface area contributed by atoms with E-state index in [-0.39, 0.29) is 0 Å². The standard InChI is InChI=1S/C12H18BrNS/c1-2-12(6-3-7-12)9-14-8-10-4-5-11(13)15-10/h4-5,14H,2-3,6-9H2,1H3. The second-order valence-corrected chi connectivity index (χ2v) is 7.06. The molecule has 1 fully saturated rings. The summed E-state index contributed by atoms with van der Waals surface area (Å²) in [5.41, 5.74) is 0.633. The highest BCUT2D eigenvalue weighted by molar-refractivity contribution is 9.11. The van der Waals surface area contributed by atoms with E-state index < -0.39 is 0 Å². The first kappa shape index (κ1) is 11.6. The van der Waals surface area contributed by atoms with Gasteiger partial charge < -0.3 is 5.32 Å². The average Bonchev–Trinajstić information content (AvgIpc) is 2.56. The van der Waals surface area contributed by atoms with E-state index >= 15 is 0 Å². The van der Waals surface area contributed by atoms with Crippen LogP contribution in [0.1, 0.15) is 37.5 Å². The maximum atomic E-state index is 3.60. The van der Waals surface area contributed by atoms with Crippen molar-refractivity contribution in [1.29, 1.82) is 0 Å². The average molecular weight is 288 g/mol. The van der Waals surface area contributed by atoms with E-state index in [9.17, 15) is 0 Å². The van der Waals surface area contributed by atoms with Crippen molar-refractivity contribution in [3.63, 3.8) is 0 Å². The molecule has 0 aromatic carbocycles. The van der Waals surface area contributed by atoms with Gasteiger partial charge in [0.05, 0.1) is 3.79 Å². The Bertz CT molecular complexity index is 312. The van der Waals surface area contributed by atoms with Crippen molar-refractivity contribution in [3.8, 4) is 0 Å². The van der Waals surface area contributed by atoms with Gasteiger partial charge in [0.15, 0.2) is 0 Å². The zero-order valence-corrected chi connectivity index (χ0v) is 11.6. The molecule has 1 aliphatic rings. The van der Waals surface area contributed by atoms with Gasteiger partial charge in [0.1, 0.15) is 0 Å². The molecule has 0 spiro atoms. The van der Waals surface area contributed by atoms with Crippen molar-refractivity contribution in [2.24, 2.45) is 5.41 Å². The monoisotopic (exact) mass is 287 g/mol. The van der Waals surface area contributed by atoms with Gasteiger partial charge in [-0.05, 0) is 52.7 Å². The van der Waals surface area contributed by atoms with Crippen LogP contribution in [-0.2, 0) is 6.54 Å². The predicted molar refractivity (Wildman–Crippen MR) is 70.3 cm³/mol. The lowest BCUT2D eigenvalue weighted by atomic mass is 9.67. The Labute approximate surface area is 104 Å². The largest absolute Gasteiger partial charge is 0.311 e. The van der Waals surface area contributed by atoms with Crippen molar-refractivity contribution in [2.45, 2.75) is 39.2 Å². The van der Waals surface area contributed by atoms with Crippen molar-refractivity contribution < 1.29 is 0 Å². The van der Waals surface area contributed by atoms with Gasteiger partial charge in [0.25, 0.3) is 0 Å². The maximum Gasteiger partial charge on any atom is 0.0701 e. The molecule has 0 radical (unpaired) electrons. The molecule has 0 amide bonds. The molecular formula is C12H18BrNS. The van der Waals surface area contributed by atoms with Crippen LogP contribution in [-0.4, -0.2) is 6.54 Å². The highest BCUT2D eigenvalue weighted by atomic mass is 79.9. The van der Waals surface area contributed by atoms with Crippen LogP contribution in [0.2, 0.25) is 0 Å². The summed E-state index contributed by atoms with van der Waals surface area (Å²) in [5.74, 6) is 0. The molecule has 0 saturated heterocycles. The first-order chi connectivity index (χ1) is 7.24. The molecule has 1 saturated carbocycles. The highest BCUT2D eigenvalue weighted by Gasteiger charge is 2.34. The topological polar surface area (TPSA) is 12.0 Å². The normalized spacial score (nSPS) is 18.8. The molecular weight excluding hydrogens is 270 g/mol. The molecule has 1 N–H and O–H groups in total. The van der Waals surface area contributed by atoms with Gasteiger partial charge >= 0.3 is 0 Å². The van der Waals surface area contributed by atoms with Crippen molar-refractivity contribution in [1.82, 2.24) is 5.32 Å². The van der Waals surface area contributed by atoms with Crippen molar-refractivity contribution in [2.75, 3.05) is 6.54 Å². The molecule has 1 aromatic heterocycles. The molecule has 1 nitrogen and oxygen atoms in total. The SMILES string of the molecule is CCC1(CNCc2ccc(Br)s2)CCC1. The summed E-state index contributed by atoms with van der Waals surface area (Å²) in [7, 11) is 0. The fourth-order valence-electron chi connectivity index (χ4n) is 2.23. The molecule has 0 unspecified atom stereocenters. The van der Waals surface area contributed by atoms with Gasteiger partial charge in [-0.25, -0.2) is 0 Å². The van der Waals surface area contributed by atoms with Crippen molar-refractivity contribution in [3.05, 3.63) is 20.8 Å². The lowest BCUT2D eigenvalue weighted by Crippen LogP contribution is -2.39. The maximum absolute atomic E-state index is 3.60. The summed E-state index contributed by atoms with van der Waals surface area (Å²) >= 11 is 5.32. The second kappa shape index (κ2) is 4.98. The smallest absolute Gasteiger partial charge is 0.0701 e. The summed E-state index contributed by atoms with van der Waals surface area (Å²) in [4.78, 5) is 1.42. The van der Waals surface area contributed by atoms with Crippen LogP contribution < -0.4 is 5.32 Å². The van der Waals surface area contributed by atoms with Gasteiger partial charge in [0.2, 0.25) is 0 Å². The third kappa shape index (κ3) is 2.83. The third-order valence-corrected chi connectivity index (χ3v) is 5.22. The third-order valence-electron chi connectivity index (χ3n) is 3.59. The van der Waals surface area contributed by atoms with Crippen LogP contribution >= 0.6 is 27.3 Å². The molecule has 2 rings (SSSR count). The molecule has 15 heavy (non-hydrogen) atoms. The van der Waals surface area contributed by atoms with Crippen LogP contribution in [0, 0.1) is 5.41 Å². The van der Waals surface area contributed by atoms with E-state index in [0.717, 1.165) is 6.54 Å². The number of halogens is 1. The second-order valence-electron chi connectivity index (χ2n) is 4.52. The Morgan fingerprint density at radius 2 is 2.27 bits per heavy atom. The summed E-state index contributed by atoms with van der Waals surface area (Å²) in [6, 6.07) is 4.32. The minimum atomic E-state index is 0.633. The van der Waals surface area contributed by atoms with Crippen LogP contribution in [0.25, 0.3) is 0 Å². The number of hydrogen-bond donors (Lipinski definition) is 1. The molecule has 0 atom stereocenters. The Morgan fingerprint density at radius 1 is 1.47 bits per heavy atom. The predicted octanol–water partition coefficient (Wildman–Crippen LogP) is 4.18. The van der Waals surface area contributed by atoms with E-state index in [2.05, 4.69) is 40.3 Å². The minimum Gasteiger partial charge on any atom is -0.311 e. The quantitative estimate of drug-likeness (QED) is 0.857. The fraction of sp³-hybridized carbons (Fsp3) is 0.667. The first-order valence-corrected chi connectivity index (χ1v) is 7.30. The zero-order chi connectivity index (χ0) is 10.7. The zero-order valence-electron chi connectivity index (χ0n) is 9.18. The molecule has 84 valence electrons. The molecule has 0 bridgehead atoms. The van der Waals surface area contributed by atoms with E-state index in [0.29, 0.717) is 5.41 Å². The van der Waals surface area contributed by atoms with Crippen LogP contribution in [0.3, 0.4) is 0 Å². The van der Waals surface area contributed by atoms with E-state index in [1.54, 1.807) is 0 Å². The summed E-state index contributed by atoms with van der Waals surface area (Å²) < 4.78 is 1.23. The Kier molecular flexibility index (Phi) is 3.86. The van der Waals surface area contributed by atoms with Crippen LogP contribution in [0.5, 0.6) is 0 Å². The van der Waals surface area contributed by atoms with Crippen LogP contribution in [0.15, 0.2) is 15.9 Å². The van der Waals surface area contributed by atoms with Gasteiger partial charge in [-0.3, -0.25) is 0 Å². The van der Waals surface area contributed by atoms with Gasteiger partial charge in [-0.15, -0.1) is 11.3 Å². The molecule has 1 aromatic rings. The molecule has 3 heteroatoms. The lowest BCUT2D eigenvalue weighted by molar-refractivity contribution is 0.124. The number of thiophene rings is 1. The summed E-state index contributed by atoms with van der Waals surface area (Å²) in [6.07, 6.45) is 5.60. The minimum absolute atomic E-state index is 0.633. The lowest BCUT2D eigenvalue weighted by Gasteiger charge is -2.41. The van der Waals surface area contributed by atoms with E-state index in [1.165, 1.54) is 40.9 Å². The molecule has 1 aliphatic carbocycles. The van der Waals surface area contributed by atoms with Gasteiger partial charge in [-0.1, -0.05) is 13.3 Å². The Morgan fingerprint density at radius 3 is 2.73 bits per heavy atom. The highest BCUT2D eigenvalue weighted by Crippen LogP contribution is 2.43. The summed E-state index contributed by atoms with van der Waals surface area (Å²) in [5, 5.41) is 3.60. The van der Waals surface area contributed by atoms with Crippen molar-refractivity contribution >= 4 is 27.3 Å². The fourth-order valence-corrected chi connectivity index (χ4v) is 3.68. The first-order valence-electron chi connectivity index (χ1n) is 5.69. The van der Waals surface area contributed by atoms with Gasteiger partial charge in [-0.2, -0.15) is 0 Å². The van der Waals surface area contributed by atoms with E-state index in [4.69, 9.17) is 0 Å². The van der Waals surface area contributed by atoms with Gasteiger partial charge in [0, 0.05) is 18.0 Å². The number of hydrogen-bond acceptors (Lipinski definition) is 2. The Hall–Kier alpha value is 0.140.